The predicted molar refractivity (Wildman–Crippen MR) is 77.6 cm³/mol. The van der Waals surface area contributed by atoms with Gasteiger partial charge in [0.1, 0.15) is 0 Å². The number of thiophene rings is 1. The Morgan fingerprint density at radius 3 is 2.67 bits per heavy atom. The molecule has 1 aromatic heterocycles. The molecule has 0 aliphatic heterocycles. The van der Waals surface area contributed by atoms with Gasteiger partial charge in [0, 0.05) is 17.6 Å². The third-order valence-electron chi connectivity index (χ3n) is 2.98. The van der Waals surface area contributed by atoms with Gasteiger partial charge in [0.15, 0.2) is 0 Å². The fourth-order valence-corrected chi connectivity index (χ4v) is 2.61. The highest BCUT2D eigenvalue weighted by atomic mass is 32.1. The molecule has 3 heteroatoms. The highest BCUT2D eigenvalue weighted by Crippen LogP contribution is 2.23. The van der Waals surface area contributed by atoms with Crippen molar-refractivity contribution in [3.8, 4) is 0 Å². The van der Waals surface area contributed by atoms with Crippen LogP contribution in [0, 0.1) is 13.8 Å². The molecule has 0 saturated heterocycles. The van der Waals surface area contributed by atoms with E-state index in [0.717, 1.165) is 16.8 Å². The summed E-state index contributed by atoms with van der Waals surface area (Å²) in [5.41, 5.74) is 4.08. The Bertz CT molecular complexity index is 546. The fourth-order valence-electron chi connectivity index (χ4n) is 1.98. The molecule has 1 aromatic carbocycles. The van der Waals surface area contributed by atoms with Crippen LogP contribution in [0.3, 0.4) is 0 Å². The van der Waals surface area contributed by atoms with E-state index in [1.54, 1.807) is 11.3 Å². The summed E-state index contributed by atoms with van der Waals surface area (Å²) in [6.07, 6.45) is 0. The molecule has 0 saturated carbocycles. The quantitative estimate of drug-likeness (QED) is 0.815. The normalized spacial score (nSPS) is 10.4. The number of benzene rings is 1. The largest absolute Gasteiger partial charge is 0.308 e. The lowest BCUT2D eigenvalue weighted by atomic mass is 10.1. The Hall–Kier alpha value is -1.61. The molecular weight excluding hydrogens is 242 g/mol. The van der Waals surface area contributed by atoms with Gasteiger partial charge in [-0.2, -0.15) is 11.3 Å². The van der Waals surface area contributed by atoms with E-state index in [9.17, 15) is 4.79 Å². The summed E-state index contributed by atoms with van der Waals surface area (Å²) in [4.78, 5) is 14.3. The van der Waals surface area contributed by atoms with Gasteiger partial charge in [0.2, 0.25) is 0 Å². The Morgan fingerprint density at radius 2 is 2.06 bits per heavy atom. The zero-order chi connectivity index (χ0) is 13.1. The lowest BCUT2D eigenvalue weighted by Crippen LogP contribution is -2.30. The SMILES string of the molecule is CCN(C(=O)c1ccsc1)c1cc(C)ccc1C. The molecular formula is C15H17NOS. The maximum absolute atomic E-state index is 12.4. The molecule has 18 heavy (non-hydrogen) atoms. The van der Waals surface area contributed by atoms with Crippen molar-refractivity contribution in [1.29, 1.82) is 0 Å². The summed E-state index contributed by atoms with van der Waals surface area (Å²) < 4.78 is 0. The third kappa shape index (κ3) is 2.46. The third-order valence-corrected chi connectivity index (χ3v) is 3.67. The van der Waals surface area contributed by atoms with E-state index >= 15 is 0 Å². The molecule has 0 N–H and O–H groups in total. The van der Waals surface area contributed by atoms with E-state index in [4.69, 9.17) is 0 Å². The van der Waals surface area contributed by atoms with Crippen molar-refractivity contribution in [1.82, 2.24) is 0 Å². The smallest absolute Gasteiger partial charge is 0.259 e. The summed E-state index contributed by atoms with van der Waals surface area (Å²) in [5.74, 6) is 0.0763. The monoisotopic (exact) mass is 259 g/mol. The van der Waals surface area contributed by atoms with E-state index in [0.29, 0.717) is 6.54 Å². The van der Waals surface area contributed by atoms with Crippen LogP contribution < -0.4 is 4.90 Å². The van der Waals surface area contributed by atoms with Crippen molar-refractivity contribution in [3.05, 3.63) is 51.7 Å². The summed E-state index contributed by atoms with van der Waals surface area (Å²) in [7, 11) is 0. The molecule has 2 nitrogen and oxygen atoms in total. The molecule has 0 fully saturated rings. The molecule has 0 aliphatic rings. The van der Waals surface area contributed by atoms with Crippen LogP contribution in [-0.4, -0.2) is 12.5 Å². The number of carbonyl (C=O) groups excluding carboxylic acids is 1. The zero-order valence-corrected chi connectivity index (χ0v) is 11.8. The number of hydrogen-bond donors (Lipinski definition) is 0. The average molecular weight is 259 g/mol. The molecule has 2 rings (SSSR count). The number of carbonyl (C=O) groups is 1. The lowest BCUT2D eigenvalue weighted by molar-refractivity contribution is 0.0988. The highest BCUT2D eigenvalue weighted by Gasteiger charge is 2.17. The van der Waals surface area contributed by atoms with Crippen LogP contribution in [0.5, 0.6) is 0 Å². The van der Waals surface area contributed by atoms with Crippen LogP contribution in [0.15, 0.2) is 35.0 Å². The average Bonchev–Trinajstić information content (AvgIpc) is 2.88. The number of amides is 1. The second-order valence-electron chi connectivity index (χ2n) is 4.35. The van der Waals surface area contributed by atoms with Crippen molar-refractivity contribution < 1.29 is 4.79 Å². The van der Waals surface area contributed by atoms with Crippen molar-refractivity contribution in [2.75, 3.05) is 11.4 Å². The minimum Gasteiger partial charge on any atom is -0.308 e. The first kappa shape index (κ1) is 12.8. The van der Waals surface area contributed by atoms with Crippen LogP contribution >= 0.6 is 11.3 Å². The summed E-state index contributed by atoms with van der Waals surface area (Å²) in [6.45, 7) is 6.77. The van der Waals surface area contributed by atoms with E-state index in [1.165, 1.54) is 5.56 Å². The standard InChI is InChI=1S/C15H17NOS/c1-4-16(15(17)13-7-8-18-10-13)14-9-11(2)5-6-12(14)3/h5-10H,4H2,1-3H3. The molecule has 94 valence electrons. The molecule has 1 heterocycles. The van der Waals surface area contributed by atoms with Crippen LogP contribution in [0.4, 0.5) is 5.69 Å². The van der Waals surface area contributed by atoms with Crippen LogP contribution in [0.1, 0.15) is 28.4 Å². The topological polar surface area (TPSA) is 20.3 Å². The Kier molecular flexibility index (Phi) is 3.82. The van der Waals surface area contributed by atoms with Crippen LogP contribution in [0.2, 0.25) is 0 Å². The summed E-state index contributed by atoms with van der Waals surface area (Å²) >= 11 is 1.55. The highest BCUT2D eigenvalue weighted by molar-refractivity contribution is 7.08. The number of nitrogens with zero attached hydrogens (tertiary/aromatic N) is 1. The van der Waals surface area contributed by atoms with Crippen LogP contribution in [0.25, 0.3) is 0 Å². The van der Waals surface area contributed by atoms with Gasteiger partial charge in [0.05, 0.1) is 5.56 Å². The van der Waals surface area contributed by atoms with E-state index < -0.39 is 0 Å². The van der Waals surface area contributed by atoms with Gasteiger partial charge in [-0.3, -0.25) is 4.79 Å². The van der Waals surface area contributed by atoms with Crippen molar-refractivity contribution in [3.63, 3.8) is 0 Å². The van der Waals surface area contributed by atoms with Gasteiger partial charge in [-0.25, -0.2) is 0 Å². The first-order valence-electron chi connectivity index (χ1n) is 6.04. The first-order chi connectivity index (χ1) is 8.63. The predicted octanol–water partition coefficient (Wildman–Crippen LogP) is 4.03. The molecule has 0 bridgehead atoms. The van der Waals surface area contributed by atoms with E-state index in [1.807, 2.05) is 42.5 Å². The molecule has 0 spiro atoms. The zero-order valence-electron chi connectivity index (χ0n) is 10.9. The molecule has 0 aliphatic carbocycles. The van der Waals surface area contributed by atoms with Gasteiger partial charge in [-0.1, -0.05) is 12.1 Å². The molecule has 1 amide bonds. The van der Waals surface area contributed by atoms with E-state index in [-0.39, 0.29) is 5.91 Å². The minimum absolute atomic E-state index is 0.0763. The maximum Gasteiger partial charge on any atom is 0.259 e. The summed E-state index contributed by atoms with van der Waals surface area (Å²) in [6, 6.07) is 8.08. The maximum atomic E-state index is 12.4. The van der Waals surface area contributed by atoms with Gasteiger partial charge < -0.3 is 4.90 Å². The second kappa shape index (κ2) is 5.36. The minimum atomic E-state index is 0.0763. The van der Waals surface area contributed by atoms with Gasteiger partial charge in [-0.15, -0.1) is 0 Å². The molecule has 0 unspecified atom stereocenters. The van der Waals surface area contributed by atoms with Gasteiger partial charge in [-0.05, 0) is 49.4 Å². The number of aryl methyl sites for hydroxylation is 2. The Balaban J connectivity index is 2.39. The van der Waals surface area contributed by atoms with Gasteiger partial charge in [0.25, 0.3) is 5.91 Å². The Morgan fingerprint density at radius 1 is 1.28 bits per heavy atom. The number of anilines is 1. The van der Waals surface area contributed by atoms with Crippen LogP contribution in [-0.2, 0) is 0 Å². The fraction of sp³-hybridized carbons (Fsp3) is 0.267. The molecule has 0 atom stereocenters. The van der Waals surface area contributed by atoms with Crippen molar-refractivity contribution in [2.45, 2.75) is 20.8 Å². The van der Waals surface area contributed by atoms with E-state index in [2.05, 4.69) is 18.2 Å². The number of hydrogen-bond acceptors (Lipinski definition) is 2. The van der Waals surface area contributed by atoms with Gasteiger partial charge >= 0.3 is 0 Å². The summed E-state index contributed by atoms with van der Waals surface area (Å²) in [5, 5.41) is 3.83. The second-order valence-corrected chi connectivity index (χ2v) is 5.13. The Labute approximate surface area is 112 Å². The molecule has 0 radical (unpaired) electrons. The van der Waals surface area contributed by atoms with Crippen molar-refractivity contribution in [2.24, 2.45) is 0 Å². The van der Waals surface area contributed by atoms with Crippen molar-refractivity contribution >= 4 is 22.9 Å². The number of rotatable bonds is 3. The molecule has 2 aromatic rings. The lowest BCUT2D eigenvalue weighted by Gasteiger charge is -2.23. The first-order valence-corrected chi connectivity index (χ1v) is 6.99.